The van der Waals surface area contributed by atoms with Gasteiger partial charge in [0.1, 0.15) is 0 Å². The normalized spacial score (nSPS) is 12.4. The van der Waals surface area contributed by atoms with Gasteiger partial charge in [-0.1, -0.05) is 19.8 Å². The third kappa shape index (κ3) is 6.13. The van der Waals surface area contributed by atoms with Gasteiger partial charge in [0, 0.05) is 12.3 Å². The number of carbonyl (C=O) groups is 2. The first-order chi connectivity index (χ1) is 6.07. The Morgan fingerprint density at radius 2 is 2.00 bits per heavy atom. The Bertz CT molecular complexity index is 180. The molecule has 0 rings (SSSR count). The summed E-state index contributed by atoms with van der Waals surface area (Å²) in [5.41, 5.74) is 5.13. The molecule has 0 unspecified atom stereocenters. The van der Waals surface area contributed by atoms with Crippen LogP contribution in [0.25, 0.3) is 0 Å². The molecule has 4 heteroatoms. The number of hydrogen-bond donors (Lipinski definition) is 2. The Morgan fingerprint density at radius 3 is 2.38 bits per heavy atom. The Hall–Kier alpha value is -1.06. The van der Waals surface area contributed by atoms with E-state index >= 15 is 0 Å². The van der Waals surface area contributed by atoms with Crippen molar-refractivity contribution in [3.8, 4) is 0 Å². The van der Waals surface area contributed by atoms with Gasteiger partial charge in [-0.15, -0.1) is 0 Å². The van der Waals surface area contributed by atoms with E-state index in [1.54, 1.807) is 0 Å². The average molecular weight is 187 g/mol. The molecule has 0 aromatic rings. The summed E-state index contributed by atoms with van der Waals surface area (Å²) in [6.07, 6.45) is 3.02. The van der Waals surface area contributed by atoms with Gasteiger partial charge in [0.15, 0.2) is 0 Å². The fourth-order valence-electron chi connectivity index (χ4n) is 1.18. The lowest BCUT2D eigenvalue weighted by atomic mass is 9.96. The molecule has 0 radical (unpaired) electrons. The molecule has 0 aromatic carbocycles. The van der Waals surface area contributed by atoms with Crippen LogP contribution in [0, 0.1) is 5.92 Å². The van der Waals surface area contributed by atoms with Crippen molar-refractivity contribution in [3.05, 3.63) is 0 Å². The average Bonchev–Trinajstić information content (AvgIpc) is 2.03. The number of amides is 1. The summed E-state index contributed by atoms with van der Waals surface area (Å²) in [7, 11) is 0. The van der Waals surface area contributed by atoms with Gasteiger partial charge < -0.3 is 10.8 Å². The van der Waals surface area contributed by atoms with Crippen LogP contribution in [-0.2, 0) is 9.59 Å². The number of carboxylic acids is 1. The fourth-order valence-corrected chi connectivity index (χ4v) is 1.18. The van der Waals surface area contributed by atoms with Gasteiger partial charge in [-0.2, -0.15) is 0 Å². The van der Waals surface area contributed by atoms with E-state index in [-0.39, 0.29) is 18.2 Å². The van der Waals surface area contributed by atoms with E-state index in [1.807, 2.05) is 6.92 Å². The summed E-state index contributed by atoms with van der Waals surface area (Å²) < 4.78 is 0. The third-order valence-electron chi connectivity index (χ3n) is 2.02. The Labute approximate surface area is 78.1 Å². The first-order valence-corrected chi connectivity index (χ1v) is 4.59. The van der Waals surface area contributed by atoms with E-state index in [0.717, 1.165) is 12.8 Å². The summed E-state index contributed by atoms with van der Waals surface area (Å²) in [5.74, 6) is -1.52. The first kappa shape index (κ1) is 11.9. The predicted molar refractivity (Wildman–Crippen MR) is 49.1 cm³/mol. The Morgan fingerprint density at radius 1 is 1.38 bits per heavy atom. The van der Waals surface area contributed by atoms with Crippen LogP contribution >= 0.6 is 0 Å². The highest BCUT2D eigenvalue weighted by Gasteiger charge is 2.15. The number of aliphatic carboxylic acids is 1. The Balaban J connectivity index is 3.80. The van der Waals surface area contributed by atoms with E-state index in [2.05, 4.69) is 0 Å². The molecule has 3 N–H and O–H groups in total. The second-order valence-electron chi connectivity index (χ2n) is 3.17. The topological polar surface area (TPSA) is 80.4 Å². The number of primary amides is 1. The monoisotopic (exact) mass is 187 g/mol. The molecule has 0 aliphatic carbocycles. The fraction of sp³-hybridized carbons (Fsp3) is 0.778. The van der Waals surface area contributed by atoms with Gasteiger partial charge in [-0.3, -0.25) is 9.59 Å². The number of hydrogen-bond acceptors (Lipinski definition) is 2. The molecule has 0 saturated heterocycles. The summed E-state index contributed by atoms with van der Waals surface area (Å²) in [6, 6.07) is 0. The predicted octanol–water partition coefficient (Wildman–Crippen LogP) is 1.14. The van der Waals surface area contributed by atoms with Gasteiger partial charge in [-0.05, 0) is 12.8 Å². The van der Waals surface area contributed by atoms with Crippen LogP contribution in [0.3, 0.4) is 0 Å². The minimum atomic E-state index is -0.872. The zero-order valence-electron chi connectivity index (χ0n) is 7.95. The number of rotatable bonds is 7. The van der Waals surface area contributed by atoms with Crippen LogP contribution in [0.4, 0.5) is 0 Å². The lowest BCUT2D eigenvalue weighted by Crippen LogP contribution is -2.23. The van der Waals surface area contributed by atoms with Crippen LogP contribution < -0.4 is 5.73 Å². The smallest absolute Gasteiger partial charge is 0.303 e. The van der Waals surface area contributed by atoms with Crippen LogP contribution in [0.5, 0.6) is 0 Å². The van der Waals surface area contributed by atoms with Crippen LogP contribution in [0.1, 0.15) is 39.0 Å². The van der Waals surface area contributed by atoms with E-state index in [1.165, 1.54) is 0 Å². The van der Waals surface area contributed by atoms with Crippen LogP contribution in [0.15, 0.2) is 0 Å². The summed E-state index contributed by atoms with van der Waals surface area (Å²) >= 11 is 0. The minimum Gasteiger partial charge on any atom is -0.481 e. The summed E-state index contributed by atoms with van der Waals surface area (Å²) in [5, 5.41) is 8.42. The summed E-state index contributed by atoms with van der Waals surface area (Å²) in [6.45, 7) is 2.02. The third-order valence-corrected chi connectivity index (χ3v) is 2.02. The van der Waals surface area contributed by atoms with Crippen molar-refractivity contribution in [1.82, 2.24) is 0 Å². The minimum absolute atomic E-state index is 0.0251. The molecule has 0 heterocycles. The van der Waals surface area contributed by atoms with E-state index < -0.39 is 5.97 Å². The molecule has 0 saturated carbocycles. The molecule has 0 aliphatic rings. The van der Waals surface area contributed by atoms with E-state index in [0.29, 0.717) is 12.8 Å². The second kappa shape index (κ2) is 6.46. The zero-order valence-corrected chi connectivity index (χ0v) is 7.95. The van der Waals surface area contributed by atoms with Gasteiger partial charge in [-0.25, -0.2) is 0 Å². The molecule has 1 atom stereocenters. The van der Waals surface area contributed by atoms with Crippen molar-refractivity contribution >= 4 is 11.9 Å². The number of nitrogens with two attached hydrogens (primary N) is 1. The molecule has 0 aliphatic heterocycles. The van der Waals surface area contributed by atoms with Crippen LogP contribution in [-0.4, -0.2) is 17.0 Å². The van der Waals surface area contributed by atoms with Crippen molar-refractivity contribution < 1.29 is 14.7 Å². The van der Waals surface area contributed by atoms with Gasteiger partial charge >= 0.3 is 5.97 Å². The maximum Gasteiger partial charge on any atom is 0.303 e. The quantitative estimate of drug-likeness (QED) is 0.627. The zero-order chi connectivity index (χ0) is 10.3. The largest absolute Gasteiger partial charge is 0.481 e. The lowest BCUT2D eigenvalue weighted by molar-refractivity contribution is -0.137. The molecule has 0 spiro atoms. The SMILES string of the molecule is CCCC[C@@H](CCC(=O)O)C(N)=O. The van der Waals surface area contributed by atoms with Gasteiger partial charge in [0.25, 0.3) is 0 Å². The molecule has 76 valence electrons. The molecule has 13 heavy (non-hydrogen) atoms. The molecule has 0 bridgehead atoms. The summed E-state index contributed by atoms with van der Waals surface area (Å²) in [4.78, 5) is 21.1. The van der Waals surface area contributed by atoms with Gasteiger partial charge in [0.05, 0.1) is 0 Å². The number of carbonyl (C=O) groups excluding carboxylic acids is 1. The van der Waals surface area contributed by atoms with E-state index in [9.17, 15) is 9.59 Å². The van der Waals surface area contributed by atoms with Crippen molar-refractivity contribution in [2.75, 3.05) is 0 Å². The maximum absolute atomic E-state index is 10.8. The van der Waals surface area contributed by atoms with E-state index in [4.69, 9.17) is 10.8 Å². The maximum atomic E-state index is 10.8. The molecule has 0 fully saturated rings. The molecular formula is C9H17NO3. The lowest BCUT2D eigenvalue weighted by Gasteiger charge is -2.10. The molecule has 4 nitrogen and oxygen atoms in total. The van der Waals surface area contributed by atoms with Crippen LogP contribution in [0.2, 0.25) is 0 Å². The van der Waals surface area contributed by atoms with Crippen molar-refractivity contribution in [1.29, 1.82) is 0 Å². The van der Waals surface area contributed by atoms with Crippen molar-refractivity contribution in [3.63, 3.8) is 0 Å². The molecule has 0 aromatic heterocycles. The second-order valence-corrected chi connectivity index (χ2v) is 3.17. The number of unbranched alkanes of at least 4 members (excludes halogenated alkanes) is 1. The highest BCUT2D eigenvalue weighted by atomic mass is 16.4. The molecular weight excluding hydrogens is 170 g/mol. The standard InChI is InChI=1S/C9H17NO3/c1-2-3-4-7(9(10)13)5-6-8(11)12/h7H,2-6H2,1H3,(H2,10,13)(H,11,12)/t7-/m0/s1. The van der Waals surface area contributed by atoms with Crippen molar-refractivity contribution in [2.24, 2.45) is 11.7 Å². The highest BCUT2D eigenvalue weighted by molar-refractivity contribution is 5.77. The van der Waals surface area contributed by atoms with Crippen molar-refractivity contribution in [2.45, 2.75) is 39.0 Å². The molecule has 1 amide bonds. The highest BCUT2D eigenvalue weighted by Crippen LogP contribution is 2.14. The first-order valence-electron chi connectivity index (χ1n) is 4.59. The number of carboxylic acid groups (broad SMARTS) is 1. The Kier molecular flexibility index (Phi) is 5.93. The van der Waals surface area contributed by atoms with Gasteiger partial charge in [0.2, 0.25) is 5.91 Å².